The molecule has 0 aromatic carbocycles. The average molecular weight is 380 g/mol. The molecular formula is C20H33N3O4. The van der Waals surface area contributed by atoms with E-state index in [0.29, 0.717) is 13.1 Å². The summed E-state index contributed by atoms with van der Waals surface area (Å²) in [4.78, 5) is 39.8. The van der Waals surface area contributed by atoms with Gasteiger partial charge in [-0.1, -0.05) is 25.8 Å². The molecule has 2 rings (SSSR count). The first-order valence-electron chi connectivity index (χ1n) is 10.2. The summed E-state index contributed by atoms with van der Waals surface area (Å²) in [6, 6.07) is 0.0827. The van der Waals surface area contributed by atoms with Crippen molar-refractivity contribution in [3.8, 4) is 0 Å². The third-order valence-corrected chi connectivity index (χ3v) is 5.48. The van der Waals surface area contributed by atoms with Crippen molar-refractivity contribution in [2.24, 2.45) is 0 Å². The molecular weight excluding hydrogens is 346 g/mol. The van der Waals surface area contributed by atoms with Crippen LogP contribution in [0.5, 0.6) is 0 Å². The highest BCUT2D eigenvalue weighted by Crippen LogP contribution is 2.19. The van der Waals surface area contributed by atoms with Gasteiger partial charge in [0, 0.05) is 19.1 Å². The maximum atomic E-state index is 12.7. The average Bonchev–Trinajstić information content (AvgIpc) is 2.70. The van der Waals surface area contributed by atoms with E-state index in [0.717, 1.165) is 44.9 Å². The van der Waals surface area contributed by atoms with Crippen molar-refractivity contribution in [3.05, 3.63) is 12.7 Å². The van der Waals surface area contributed by atoms with Crippen LogP contribution in [-0.2, 0) is 14.3 Å². The maximum Gasteiger partial charge on any atom is 0.407 e. The Kier molecular flexibility index (Phi) is 8.61. The normalized spacial score (nSPS) is 20.6. The SMILES string of the molecule is C=CC(=O)N(CC)CC(=O)N1CCCCC1COC(=O)NC1CCCCC1. The Bertz CT molecular complexity index is 531. The van der Waals surface area contributed by atoms with E-state index in [4.69, 9.17) is 4.74 Å². The Morgan fingerprint density at radius 2 is 1.85 bits per heavy atom. The molecule has 1 aliphatic heterocycles. The summed E-state index contributed by atoms with van der Waals surface area (Å²) < 4.78 is 5.42. The smallest absolute Gasteiger partial charge is 0.407 e. The Balaban J connectivity index is 1.84. The summed E-state index contributed by atoms with van der Waals surface area (Å²) in [7, 11) is 0. The van der Waals surface area contributed by atoms with Gasteiger partial charge in [0.2, 0.25) is 11.8 Å². The van der Waals surface area contributed by atoms with Gasteiger partial charge >= 0.3 is 6.09 Å². The van der Waals surface area contributed by atoms with Gasteiger partial charge in [-0.15, -0.1) is 0 Å². The number of alkyl carbamates (subject to hydrolysis) is 1. The minimum absolute atomic E-state index is 0.0339. The number of hydrogen-bond donors (Lipinski definition) is 1. The molecule has 2 aliphatic rings. The number of nitrogens with zero attached hydrogens (tertiary/aromatic N) is 2. The van der Waals surface area contributed by atoms with Crippen LogP contribution in [0.3, 0.4) is 0 Å². The fourth-order valence-corrected chi connectivity index (χ4v) is 3.86. The summed E-state index contributed by atoms with van der Waals surface area (Å²) in [5.74, 6) is -0.351. The van der Waals surface area contributed by atoms with Crippen molar-refractivity contribution in [2.45, 2.75) is 70.4 Å². The van der Waals surface area contributed by atoms with E-state index in [-0.39, 0.29) is 37.0 Å². The number of hydrogen-bond acceptors (Lipinski definition) is 4. The second-order valence-electron chi connectivity index (χ2n) is 7.37. The molecule has 3 amide bonds. The van der Waals surface area contributed by atoms with Crippen LogP contribution in [0.15, 0.2) is 12.7 Å². The van der Waals surface area contributed by atoms with Crippen molar-refractivity contribution in [1.82, 2.24) is 15.1 Å². The van der Waals surface area contributed by atoms with Crippen LogP contribution in [0.2, 0.25) is 0 Å². The molecule has 1 aliphatic carbocycles. The van der Waals surface area contributed by atoms with Gasteiger partial charge in [0.15, 0.2) is 0 Å². The summed E-state index contributed by atoms with van der Waals surface area (Å²) in [6.45, 7) is 6.64. The van der Waals surface area contributed by atoms with E-state index in [1.54, 1.807) is 4.90 Å². The largest absolute Gasteiger partial charge is 0.447 e. The molecule has 0 radical (unpaired) electrons. The molecule has 2 fully saturated rings. The minimum atomic E-state index is -0.392. The zero-order chi connectivity index (χ0) is 19.6. The monoisotopic (exact) mass is 379 g/mol. The third-order valence-electron chi connectivity index (χ3n) is 5.48. The van der Waals surface area contributed by atoms with Gasteiger partial charge in [0.1, 0.15) is 13.2 Å². The molecule has 27 heavy (non-hydrogen) atoms. The number of carbonyl (C=O) groups is 3. The zero-order valence-corrected chi connectivity index (χ0v) is 16.5. The number of nitrogens with one attached hydrogen (secondary N) is 1. The van der Waals surface area contributed by atoms with Crippen molar-refractivity contribution in [3.63, 3.8) is 0 Å². The topological polar surface area (TPSA) is 79.0 Å². The molecule has 1 unspecified atom stereocenters. The van der Waals surface area contributed by atoms with E-state index in [1.165, 1.54) is 17.4 Å². The van der Waals surface area contributed by atoms with Crippen molar-refractivity contribution in [1.29, 1.82) is 0 Å². The van der Waals surface area contributed by atoms with Crippen LogP contribution >= 0.6 is 0 Å². The number of amides is 3. The van der Waals surface area contributed by atoms with Crippen molar-refractivity contribution in [2.75, 3.05) is 26.2 Å². The van der Waals surface area contributed by atoms with E-state index >= 15 is 0 Å². The van der Waals surface area contributed by atoms with Crippen LogP contribution in [0, 0.1) is 0 Å². The third kappa shape index (κ3) is 6.56. The van der Waals surface area contributed by atoms with Crippen LogP contribution in [0.4, 0.5) is 4.79 Å². The molecule has 1 atom stereocenters. The van der Waals surface area contributed by atoms with Gasteiger partial charge in [-0.05, 0) is 45.1 Å². The molecule has 1 saturated carbocycles. The minimum Gasteiger partial charge on any atom is -0.447 e. The molecule has 7 nitrogen and oxygen atoms in total. The highest BCUT2D eigenvalue weighted by atomic mass is 16.5. The fraction of sp³-hybridized carbons (Fsp3) is 0.750. The molecule has 1 saturated heterocycles. The molecule has 0 aromatic heterocycles. The summed E-state index contributed by atoms with van der Waals surface area (Å²) in [5, 5.41) is 2.94. The van der Waals surface area contributed by atoms with E-state index in [9.17, 15) is 14.4 Å². The quantitative estimate of drug-likeness (QED) is 0.689. The number of piperidine rings is 1. The molecule has 1 N–H and O–H groups in total. The Labute approximate surface area is 162 Å². The predicted octanol–water partition coefficient (Wildman–Crippen LogP) is 2.46. The number of ether oxygens (including phenoxy) is 1. The Morgan fingerprint density at radius 1 is 1.15 bits per heavy atom. The fourth-order valence-electron chi connectivity index (χ4n) is 3.86. The first kappa shape index (κ1) is 21.3. The van der Waals surface area contributed by atoms with Gasteiger partial charge in [-0.2, -0.15) is 0 Å². The highest BCUT2D eigenvalue weighted by Gasteiger charge is 2.29. The van der Waals surface area contributed by atoms with E-state index in [2.05, 4.69) is 11.9 Å². The summed E-state index contributed by atoms with van der Waals surface area (Å²) >= 11 is 0. The van der Waals surface area contributed by atoms with Crippen LogP contribution < -0.4 is 5.32 Å². The lowest BCUT2D eigenvalue weighted by Gasteiger charge is -2.36. The molecule has 0 spiro atoms. The number of rotatable bonds is 7. The molecule has 0 bridgehead atoms. The zero-order valence-electron chi connectivity index (χ0n) is 16.5. The van der Waals surface area contributed by atoms with E-state index < -0.39 is 6.09 Å². The Morgan fingerprint density at radius 3 is 2.52 bits per heavy atom. The lowest BCUT2D eigenvalue weighted by molar-refractivity contribution is -0.141. The van der Waals surface area contributed by atoms with Crippen molar-refractivity contribution < 1.29 is 19.1 Å². The summed E-state index contributed by atoms with van der Waals surface area (Å²) in [5.41, 5.74) is 0. The van der Waals surface area contributed by atoms with Gasteiger partial charge in [0.05, 0.1) is 6.04 Å². The second kappa shape index (κ2) is 10.9. The number of carbonyl (C=O) groups excluding carboxylic acids is 3. The van der Waals surface area contributed by atoms with Crippen LogP contribution in [-0.4, -0.2) is 66.0 Å². The standard InChI is InChI=1S/C20H33N3O4/c1-3-18(24)22(4-2)14-19(25)23-13-9-8-12-17(23)15-27-20(26)21-16-10-6-5-7-11-16/h3,16-17H,1,4-15H2,2H3,(H,21,26). The second-order valence-corrected chi connectivity index (χ2v) is 7.37. The first-order chi connectivity index (χ1) is 13.0. The molecule has 7 heteroatoms. The van der Waals surface area contributed by atoms with Gasteiger partial charge in [-0.3, -0.25) is 9.59 Å². The number of likely N-dealkylation sites (tertiary alicyclic amines) is 1. The van der Waals surface area contributed by atoms with Gasteiger partial charge < -0.3 is 19.9 Å². The molecule has 152 valence electrons. The molecule has 1 heterocycles. The molecule has 0 aromatic rings. The lowest BCUT2D eigenvalue weighted by Crippen LogP contribution is -2.51. The van der Waals surface area contributed by atoms with Gasteiger partial charge in [-0.25, -0.2) is 4.79 Å². The van der Waals surface area contributed by atoms with E-state index in [1.807, 2.05) is 6.92 Å². The lowest BCUT2D eigenvalue weighted by atomic mass is 9.96. The first-order valence-corrected chi connectivity index (χ1v) is 10.2. The van der Waals surface area contributed by atoms with Crippen LogP contribution in [0.1, 0.15) is 58.3 Å². The van der Waals surface area contributed by atoms with Crippen molar-refractivity contribution >= 4 is 17.9 Å². The summed E-state index contributed by atoms with van der Waals surface area (Å²) in [6.07, 6.45) is 9.12. The predicted molar refractivity (Wildman–Crippen MR) is 103 cm³/mol. The van der Waals surface area contributed by atoms with Gasteiger partial charge in [0.25, 0.3) is 0 Å². The number of likely N-dealkylation sites (N-methyl/N-ethyl adjacent to an activating group) is 1. The highest BCUT2D eigenvalue weighted by molar-refractivity contribution is 5.91. The Hall–Kier alpha value is -2.05. The maximum absolute atomic E-state index is 12.7. The van der Waals surface area contributed by atoms with Crippen LogP contribution in [0.25, 0.3) is 0 Å².